The van der Waals surface area contributed by atoms with E-state index in [9.17, 15) is 14.4 Å². The Morgan fingerprint density at radius 2 is 1.98 bits per heavy atom. The van der Waals surface area contributed by atoms with Crippen molar-refractivity contribution in [1.29, 1.82) is 0 Å². The summed E-state index contributed by atoms with van der Waals surface area (Å²) in [7, 11) is 0. The largest absolute Gasteiger partial charge is 0.444 e. The van der Waals surface area contributed by atoms with E-state index in [0.29, 0.717) is 73.8 Å². The highest BCUT2D eigenvalue weighted by Crippen LogP contribution is 2.67. The van der Waals surface area contributed by atoms with Gasteiger partial charge in [0.05, 0.1) is 23.9 Å². The van der Waals surface area contributed by atoms with Crippen LogP contribution in [-0.4, -0.2) is 68.0 Å². The molecule has 4 aliphatic rings. The van der Waals surface area contributed by atoms with Crippen LogP contribution < -0.4 is 10.9 Å². The normalized spacial score (nSPS) is 21.7. The smallest absolute Gasteiger partial charge is 0.410 e. The number of nitrogens with zero attached hydrogens (tertiary/aromatic N) is 5. The Morgan fingerprint density at radius 3 is 2.63 bits per heavy atom. The molecule has 1 saturated carbocycles. The van der Waals surface area contributed by atoms with Crippen molar-refractivity contribution < 1.29 is 19.1 Å². The van der Waals surface area contributed by atoms with Crippen molar-refractivity contribution in [3.63, 3.8) is 0 Å². The summed E-state index contributed by atoms with van der Waals surface area (Å²) in [4.78, 5) is 47.6. The molecule has 4 heterocycles. The third kappa shape index (κ3) is 5.31. The van der Waals surface area contributed by atoms with E-state index >= 15 is 0 Å². The van der Waals surface area contributed by atoms with Gasteiger partial charge in [0.2, 0.25) is 11.7 Å². The topological polar surface area (TPSA) is 120 Å². The highest BCUT2D eigenvalue weighted by atomic mass is 35.5. The van der Waals surface area contributed by atoms with Crippen LogP contribution >= 0.6 is 11.6 Å². The molecule has 244 valence electrons. The minimum atomic E-state index is -0.584. The van der Waals surface area contributed by atoms with E-state index < -0.39 is 11.0 Å². The molecule has 11 nitrogen and oxygen atoms in total. The van der Waals surface area contributed by atoms with Crippen LogP contribution in [0.3, 0.4) is 0 Å². The van der Waals surface area contributed by atoms with Gasteiger partial charge >= 0.3 is 6.09 Å². The fraction of sp³-hybridized carbons (Fsp3) is 0.559. The minimum Gasteiger partial charge on any atom is -0.444 e. The van der Waals surface area contributed by atoms with E-state index in [-0.39, 0.29) is 35.9 Å². The lowest BCUT2D eigenvalue weighted by Gasteiger charge is -2.41. The summed E-state index contributed by atoms with van der Waals surface area (Å²) in [5, 5.41) is 8.18. The number of hydrogen-bond acceptors (Lipinski definition) is 7. The van der Waals surface area contributed by atoms with Crippen LogP contribution in [-0.2, 0) is 26.2 Å². The van der Waals surface area contributed by atoms with Crippen molar-refractivity contribution in [2.24, 2.45) is 5.92 Å². The van der Waals surface area contributed by atoms with Crippen LogP contribution in [0, 0.1) is 5.92 Å². The van der Waals surface area contributed by atoms with Crippen molar-refractivity contribution in [3.8, 4) is 0 Å². The first kappa shape index (κ1) is 30.9. The molecule has 2 atom stereocenters. The number of amides is 2. The molecule has 2 aromatic heterocycles. The van der Waals surface area contributed by atoms with E-state index in [1.807, 2.05) is 49.6 Å². The predicted molar refractivity (Wildman–Crippen MR) is 174 cm³/mol. The van der Waals surface area contributed by atoms with E-state index in [2.05, 4.69) is 19.2 Å². The zero-order chi connectivity index (χ0) is 32.5. The average molecular weight is 649 g/mol. The van der Waals surface area contributed by atoms with Gasteiger partial charge in [-0.1, -0.05) is 37.6 Å². The lowest BCUT2D eigenvalue weighted by molar-refractivity contribution is -0.116. The molecule has 0 bridgehead atoms. The number of nitrogens with one attached hydrogen (secondary N) is 1. The van der Waals surface area contributed by atoms with Crippen LogP contribution in [0.15, 0.2) is 29.1 Å². The second kappa shape index (κ2) is 11.2. The molecule has 2 aliphatic carbocycles. The number of aromatic nitrogens is 4. The van der Waals surface area contributed by atoms with Crippen molar-refractivity contribution in [1.82, 2.24) is 24.1 Å². The number of fused-ring (bicyclic) bond motifs is 6. The maximum absolute atomic E-state index is 14.4. The summed E-state index contributed by atoms with van der Waals surface area (Å²) in [6, 6.07) is 5.68. The van der Waals surface area contributed by atoms with Crippen molar-refractivity contribution in [2.45, 2.75) is 89.7 Å². The maximum atomic E-state index is 14.4. The van der Waals surface area contributed by atoms with Gasteiger partial charge in [0, 0.05) is 35.7 Å². The van der Waals surface area contributed by atoms with E-state index in [1.54, 1.807) is 4.90 Å². The summed E-state index contributed by atoms with van der Waals surface area (Å²) in [5.74, 6) is 1.29. The zero-order valence-electron chi connectivity index (χ0n) is 27.1. The zero-order valence-corrected chi connectivity index (χ0v) is 27.8. The quantitative estimate of drug-likeness (QED) is 0.388. The molecule has 2 fully saturated rings. The van der Waals surface area contributed by atoms with Gasteiger partial charge in [0.25, 0.3) is 5.56 Å². The molecule has 2 aliphatic heterocycles. The van der Waals surface area contributed by atoms with Gasteiger partial charge in [-0.15, -0.1) is 5.10 Å². The number of anilines is 1. The third-order valence-electron chi connectivity index (χ3n) is 9.93. The summed E-state index contributed by atoms with van der Waals surface area (Å²) < 4.78 is 14.4. The lowest BCUT2D eigenvalue weighted by atomic mass is 9.71. The molecule has 7 rings (SSSR count). The summed E-state index contributed by atoms with van der Waals surface area (Å²) in [6.45, 7) is 11.7. The maximum Gasteiger partial charge on any atom is 0.410 e. The molecule has 12 heteroatoms. The highest BCUT2D eigenvalue weighted by Gasteiger charge is 2.64. The molecule has 0 radical (unpaired) electrons. The van der Waals surface area contributed by atoms with Gasteiger partial charge < -0.3 is 24.3 Å². The predicted octanol–water partition coefficient (Wildman–Crippen LogP) is 5.50. The van der Waals surface area contributed by atoms with Gasteiger partial charge in [-0.2, -0.15) is 9.50 Å². The van der Waals surface area contributed by atoms with E-state index in [1.165, 1.54) is 4.52 Å². The summed E-state index contributed by atoms with van der Waals surface area (Å²) in [5.41, 5.74) is 2.98. The van der Waals surface area contributed by atoms with Crippen LogP contribution in [0.1, 0.15) is 94.8 Å². The average Bonchev–Trinajstić information content (AvgIpc) is 3.60. The standard InChI is InChI=1S/C34H41ClN6O5/c1-19(2)21-6-7-25(24(35)16-21)36-26(42)18-40-28-22-17-23(22)34(10-12-39(13-11-34)32(44)46-33(3,4)5)27(28)30(43)41-31(40)37-29(38-41)20-8-14-45-15-9-20/h6-8,16,19,22-23H,9-15,17-18H2,1-5H3,(H,36,42)/t22-,23+/m0/s1. The van der Waals surface area contributed by atoms with Crippen LogP contribution in [0.2, 0.25) is 5.02 Å². The van der Waals surface area contributed by atoms with Crippen LogP contribution in [0.4, 0.5) is 10.5 Å². The number of benzene rings is 1. The SMILES string of the molecule is CC(C)c1ccc(NC(=O)Cn2c3c(c(=O)n4nc(C5=CCOCC5)nc24)C2(CCN(C(=O)OC(C)(C)C)CC2)[C@@H]2C[C@H]32)c(Cl)c1. The van der Waals surface area contributed by atoms with Crippen molar-refractivity contribution >= 4 is 40.6 Å². The number of likely N-dealkylation sites (tertiary alicyclic amines) is 1. The first-order valence-electron chi connectivity index (χ1n) is 16.2. The van der Waals surface area contributed by atoms with Gasteiger partial charge in [-0.3, -0.25) is 9.59 Å². The molecule has 1 aromatic carbocycles. The van der Waals surface area contributed by atoms with Gasteiger partial charge in [-0.25, -0.2) is 4.79 Å². The number of carbonyl (C=O) groups excluding carboxylic acids is 2. The van der Waals surface area contributed by atoms with Crippen molar-refractivity contribution in [3.05, 3.63) is 62.3 Å². The van der Waals surface area contributed by atoms with Gasteiger partial charge in [0.15, 0.2) is 5.82 Å². The minimum absolute atomic E-state index is 0.0437. The van der Waals surface area contributed by atoms with Gasteiger partial charge in [0.1, 0.15) is 12.1 Å². The number of rotatable bonds is 5. The molecule has 2 amide bonds. The Balaban J connectivity index is 1.27. The molecule has 1 saturated heterocycles. The van der Waals surface area contributed by atoms with Crippen molar-refractivity contribution in [2.75, 3.05) is 31.6 Å². The Bertz CT molecular complexity index is 1830. The fourth-order valence-corrected chi connectivity index (χ4v) is 7.84. The van der Waals surface area contributed by atoms with Crippen LogP contribution in [0.5, 0.6) is 0 Å². The Morgan fingerprint density at radius 1 is 1.22 bits per heavy atom. The molecule has 3 aromatic rings. The number of hydrogen-bond donors (Lipinski definition) is 1. The van der Waals surface area contributed by atoms with Gasteiger partial charge in [-0.05, 0) is 81.6 Å². The highest BCUT2D eigenvalue weighted by molar-refractivity contribution is 6.33. The molecule has 1 N–H and O–H groups in total. The Hall–Kier alpha value is -3.70. The number of piperidine rings is 1. The number of carbonyl (C=O) groups is 2. The van der Waals surface area contributed by atoms with E-state index in [4.69, 9.17) is 31.2 Å². The number of halogens is 1. The summed E-state index contributed by atoms with van der Waals surface area (Å²) >= 11 is 6.57. The first-order chi connectivity index (χ1) is 21.9. The molecule has 0 unspecified atom stereocenters. The third-order valence-corrected chi connectivity index (χ3v) is 10.2. The molecular formula is C34H41ClN6O5. The fourth-order valence-electron chi connectivity index (χ4n) is 7.60. The lowest BCUT2D eigenvalue weighted by Crippen LogP contribution is -2.49. The second-order valence-corrected chi connectivity index (χ2v) is 14.8. The molecule has 1 spiro atoms. The Kier molecular flexibility index (Phi) is 7.55. The summed E-state index contributed by atoms with van der Waals surface area (Å²) in [6.07, 6.45) is 4.49. The molecular weight excluding hydrogens is 608 g/mol. The van der Waals surface area contributed by atoms with E-state index in [0.717, 1.165) is 28.8 Å². The monoisotopic (exact) mass is 648 g/mol. The number of ether oxygens (including phenoxy) is 2. The first-order valence-corrected chi connectivity index (χ1v) is 16.6. The Labute approximate surface area is 272 Å². The molecule has 46 heavy (non-hydrogen) atoms. The second-order valence-electron chi connectivity index (χ2n) is 14.4. The van der Waals surface area contributed by atoms with Crippen LogP contribution in [0.25, 0.3) is 11.4 Å².